The monoisotopic (exact) mass is 377 g/mol. The molecule has 0 radical (unpaired) electrons. The highest BCUT2D eigenvalue weighted by Crippen LogP contribution is 2.08. The Morgan fingerprint density at radius 3 is 2.68 bits per heavy atom. The van der Waals surface area contributed by atoms with E-state index in [0.29, 0.717) is 24.2 Å². The number of halogens is 1. The second-order valence-electron chi connectivity index (χ2n) is 6.15. The van der Waals surface area contributed by atoms with E-state index in [1.54, 1.807) is 0 Å². The molecule has 1 aromatic carbocycles. The van der Waals surface area contributed by atoms with E-state index in [0.717, 1.165) is 11.5 Å². The van der Waals surface area contributed by atoms with Gasteiger partial charge in [-0.05, 0) is 42.5 Å². The Morgan fingerprint density at radius 2 is 1.86 bits per heavy atom. The van der Waals surface area contributed by atoms with Crippen molar-refractivity contribution in [3.05, 3.63) is 94.5 Å². The molecule has 4 rings (SSSR count). The molecule has 0 saturated carbocycles. The Hall–Kier alpha value is -3.81. The van der Waals surface area contributed by atoms with Crippen LogP contribution in [0.3, 0.4) is 0 Å². The summed E-state index contributed by atoms with van der Waals surface area (Å²) in [4.78, 5) is 24.5. The molecule has 0 bridgehead atoms. The van der Waals surface area contributed by atoms with Crippen LogP contribution in [0.5, 0.6) is 0 Å². The number of fused-ring (bicyclic) bond motifs is 1. The number of aromatic nitrogens is 4. The van der Waals surface area contributed by atoms with Gasteiger partial charge in [0.1, 0.15) is 11.6 Å². The van der Waals surface area contributed by atoms with Gasteiger partial charge in [0.25, 0.3) is 11.5 Å². The predicted octanol–water partition coefficient (Wildman–Crippen LogP) is 1.99. The first-order valence-corrected chi connectivity index (χ1v) is 8.67. The molecule has 3 heterocycles. The molecule has 0 aliphatic heterocycles. The van der Waals surface area contributed by atoms with Crippen molar-refractivity contribution in [2.45, 2.75) is 6.42 Å². The van der Waals surface area contributed by atoms with Crippen molar-refractivity contribution in [1.82, 2.24) is 24.5 Å². The Balaban J connectivity index is 1.47. The van der Waals surface area contributed by atoms with Gasteiger partial charge in [-0.3, -0.25) is 18.6 Å². The number of amides is 1. The Morgan fingerprint density at radius 1 is 1.04 bits per heavy atom. The lowest BCUT2D eigenvalue weighted by Crippen LogP contribution is -2.28. The predicted molar refractivity (Wildman–Crippen MR) is 101 cm³/mol. The summed E-state index contributed by atoms with van der Waals surface area (Å²) in [6.45, 7) is 0.365. The SMILES string of the molecule is O=C(NCCc1nnc2ccccn12)c1ccc(=O)n(-c2ccc(F)cc2)c1. The summed E-state index contributed by atoms with van der Waals surface area (Å²) in [6.07, 6.45) is 3.82. The number of nitrogens with one attached hydrogen (secondary N) is 1. The fraction of sp³-hybridized carbons (Fsp3) is 0.100. The van der Waals surface area contributed by atoms with E-state index in [1.165, 1.54) is 47.2 Å². The lowest BCUT2D eigenvalue weighted by atomic mass is 10.2. The summed E-state index contributed by atoms with van der Waals surface area (Å²) in [5.41, 5.74) is 1.25. The van der Waals surface area contributed by atoms with Gasteiger partial charge < -0.3 is 5.32 Å². The summed E-state index contributed by atoms with van der Waals surface area (Å²) in [6, 6.07) is 13.9. The minimum absolute atomic E-state index is 0.307. The lowest BCUT2D eigenvalue weighted by Gasteiger charge is -2.09. The maximum atomic E-state index is 13.1. The zero-order valence-electron chi connectivity index (χ0n) is 14.7. The molecule has 28 heavy (non-hydrogen) atoms. The second kappa shape index (κ2) is 7.43. The number of carbonyl (C=O) groups excluding carboxylic acids is 1. The summed E-state index contributed by atoms with van der Waals surface area (Å²) in [5, 5.41) is 11.0. The van der Waals surface area contributed by atoms with E-state index in [1.807, 2.05) is 28.8 Å². The van der Waals surface area contributed by atoms with Crippen LogP contribution in [0.1, 0.15) is 16.2 Å². The van der Waals surface area contributed by atoms with E-state index >= 15 is 0 Å². The van der Waals surface area contributed by atoms with Gasteiger partial charge in [0, 0.05) is 37.1 Å². The van der Waals surface area contributed by atoms with Gasteiger partial charge in [-0.2, -0.15) is 0 Å². The molecule has 0 atom stereocenters. The van der Waals surface area contributed by atoms with Crippen LogP contribution in [0.2, 0.25) is 0 Å². The maximum Gasteiger partial charge on any atom is 0.255 e. The molecule has 7 nitrogen and oxygen atoms in total. The molecule has 1 N–H and O–H groups in total. The molecule has 140 valence electrons. The Kier molecular flexibility index (Phi) is 4.67. The van der Waals surface area contributed by atoms with Crippen molar-refractivity contribution in [2.24, 2.45) is 0 Å². The number of rotatable bonds is 5. The number of benzene rings is 1. The van der Waals surface area contributed by atoms with Crippen LogP contribution in [0.25, 0.3) is 11.3 Å². The van der Waals surface area contributed by atoms with Crippen molar-refractivity contribution in [3.63, 3.8) is 0 Å². The van der Waals surface area contributed by atoms with Gasteiger partial charge in [0.2, 0.25) is 0 Å². The Labute approximate surface area is 159 Å². The number of carbonyl (C=O) groups is 1. The van der Waals surface area contributed by atoms with Gasteiger partial charge in [-0.15, -0.1) is 10.2 Å². The summed E-state index contributed by atoms with van der Waals surface area (Å²) < 4.78 is 16.3. The second-order valence-corrected chi connectivity index (χ2v) is 6.15. The first-order chi connectivity index (χ1) is 13.6. The molecule has 0 saturated heterocycles. The third-order valence-corrected chi connectivity index (χ3v) is 4.30. The summed E-state index contributed by atoms with van der Waals surface area (Å²) in [7, 11) is 0. The zero-order valence-corrected chi connectivity index (χ0v) is 14.7. The van der Waals surface area contributed by atoms with Crippen LogP contribution >= 0.6 is 0 Å². The quantitative estimate of drug-likeness (QED) is 0.577. The molecule has 8 heteroatoms. The minimum Gasteiger partial charge on any atom is -0.352 e. The van der Waals surface area contributed by atoms with Crippen LogP contribution in [0, 0.1) is 5.82 Å². The van der Waals surface area contributed by atoms with E-state index in [-0.39, 0.29) is 11.5 Å². The van der Waals surface area contributed by atoms with Crippen LogP contribution in [0.15, 0.2) is 71.8 Å². The Bertz CT molecular complexity index is 1200. The molecule has 0 aliphatic rings. The molecule has 1 amide bonds. The van der Waals surface area contributed by atoms with Crippen LogP contribution in [-0.2, 0) is 6.42 Å². The maximum absolute atomic E-state index is 13.1. The third kappa shape index (κ3) is 3.52. The van der Waals surface area contributed by atoms with E-state index in [2.05, 4.69) is 15.5 Å². The van der Waals surface area contributed by atoms with E-state index in [4.69, 9.17) is 0 Å². The van der Waals surface area contributed by atoms with Crippen LogP contribution < -0.4 is 10.9 Å². The molecule has 0 aliphatic carbocycles. The van der Waals surface area contributed by atoms with Crippen molar-refractivity contribution < 1.29 is 9.18 Å². The fourth-order valence-corrected chi connectivity index (χ4v) is 2.88. The molecule has 0 unspecified atom stereocenters. The molecule has 0 spiro atoms. The van der Waals surface area contributed by atoms with E-state index < -0.39 is 5.82 Å². The average Bonchev–Trinajstić information content (AvgIpc) is 3.12. The normalized spacial score (nSPS) is 10.9. The standard InChI is InChI=1S/C20H16FN5O2/c21-15-5-7-16(8-6-15)26-13-14(4-9-19(26)27)20(28)22-11-10-18-24-23-17-3-1-2-12-25(17)18/h1-9,12-13H,10-11H2,(H,22,28). The number of hydrogen-bond donors (Lipinski definition) is 1. The topological polar surface area (TPSA) is 81.3 Å². The zero-order chi connectivity index (χ0) is 19.5. The molecule has 4 aromatic rings. The van der Waals surface area contributed by atoms with Crippen molar-refractivity contribution in [3.8, 4) is 5.69 Å². The van der Waals surface area contributed by atoms with Crippen LogP contribution in [-0.4, -0.2) is 31.6 Å². The van der Waals surface area contributed by atoms with Crippen molar-refractivity contribution in [1.29, 1.82) is 0 Å². The number of nitrogens with zero attached hydrogens (tertiary/aromatic N) is 4. The van der Waals surface area contributed by atoms with Gasteiger partial charge in [-0.25, -0.2) is 4.39 Å². The first kappa shape index (κ1) is 17.6. The highest BCUT2D eigenvalue weighted by Gasteiger charge is 2.10. The molecule has 0 fully saturated rings. The van der Waals surface area contributed by atoms with Crippen LogP contribution in [0.4, 0.5) is 4.39 Å². The third-order valence-electron chi connectivity index (χ3n) is 4.30. The highest BCUT2D eigenvalue weighted by molar-refractivity contribution is 5.93. The minimum atomic E-state index is -0.397. The molecule has 3 aromatic heterocycles. The van der Waals surface area contributed by atoms with Gasteiger partial charge >= 0.3 is 0 Å². The fourth-order valence-electron chi connectivity index (χ4n) is 2.88. The average molecular weight is 377 g/mol. The summed E-state index contributed by atoms with van der Waals surface area (Å²) in [5.74, 6) is 0.0311. The van der Waals surface area contributed by atoms with Crippen molar-refractivity contribution >= 4 is 11.6 Å². The smallest absolute Gasteiger partial charge is 0.255 e. The lowest BCUT2D eigenvalue weighted by molar-refractivity contribution is 0.0953. The molecular weight excluding hydrogens is 361 g/mol. The summed E-state index contributed by atoms with van der Waals surface area (Å²) >= 11 is 0. The molecular formula is C20H16FN5O2. The largest absolute Gasteiger partial charge is 0.352 e. The van der Waals surface area contributed by atoms with Crippen molar-refractivity contribution in [2.75, 3.05) is 6.54 Å². The number of pyridine rings is 2. The van der Waals surface area contributed by atoms with Gasteiger partial charge in [0.15, 0.2) is 5.65 Å². The number of hydrogen-bond acceptors (Lipinski definition) is 4. The van der Waals surface area contributed by atoms with Gasteiger partial charge in [-0.1, -0.05) is 6.07 Å². The highest BCUT2D eigenvalue weighted by atomic mass is 19.1. The first-order valence-electron chi connectivity index (χ1n) is 8.67. The van der Waals surface area contributed by atoms with Gasteiger partial charge in [0.05, 0.1) is 5.56 Å². The van der Waals surface area contributed by atoms with E-state index in [9.17, 15) is 14.0 Å².